The molecule has 0 saturated carbocycles. The minimum atomic E-state index is -0.762. The van der Waals surface area contributed by atoms with E-state index in [1.54, 1.807) is 6.92 Å². The number of esters is 1. The molecule has 1 aromatic heterocycles. The lowest BCUT2D eigenvalue weighted by Crippen LogP contribution is -2.38. The van der Waals surface area contributed by atoms with E-state index in [4.69, 9.17) is 4.74 Å². The zero-order valence-electron chi connectivity index (χ0n) is 13.6. The normalized spacial score (nSPS) is 18.8. The lowest BCUT2D eigenvalue weighted by molar-refractivity contribution is -0.145. The van der Waals surface area contributed by atoms with Crippen molar-refractivity contribution in [2.45, 2.75) is 12.8 Å². The maximum atomic E-state index is 12.6. The summed E-state index contributed by atoms with van der Waals surface area (Å²) in [6.45, 7) is 5.28. The van der Waals surface area contributed by atoms with E-state index >= 15 is 0 Å². The van der Waals surface area contributed by atoms with Crippen LogP contribution in [0, 0.1) is 5.92 Å². The van der Waals surface area contributed by atoms with Crippen LogP contribution in [0.5, 0.6) is 0 Å². The topological polar surface area (TPSA) is 104 Å². The lowest BCUT2D eigenvalue weighted by atomic mass is 9.77. The molecule has 25 heavy (non-hydrogen) atoms. The minimum Gasteiger partial charge on any atom is -0.461 e. The highest BCUT2D eigenvalue weighted by Gasteiger charge is 2.40. The monoisotopic (exact) mass is 339 g/mol. The summed E-state index contributed by atoms with van der Waals surface area (Å²) in [6.07, 6.45) is 1.48. The van der Waals surface area contributed by atoms with Crippen molar-refractivity contribution in [2.75, 3.05) is 6.61 Å². The number of fused-ring (bicyclic) bond motifs is 1. The molecule has 0 saturated heterocycles. The second-order valence-corrected chi connectivity index (χ2v) is 5.71. The molecular weight excluding hydrogens is 322 g/mol. The molecule has 0 bridgehead atoms. The molecule has 7 heteroatoms. The maximum absolute atomic E-state index is 12.6. The van der Waals surface area contributed by atoms with Gasteiger partial charge < -0.3 is 4.74 Å². The summed E-state index contributed by atoms with van der Waals surface area (Å²) in [5, 5.41) is 0. The van der Waals surface area contributed by atoms with Crippen molar-refractivity contribution in [3.63, 3.8) is 0 Å². The molecule has 2 aromatic rings. The average Bonchev–Trinajstić information content (AvgIpc) is 2.59. The van der Waals surface area contributed by atoms with Gasteiger partial charge in [-0.1, -0.05) is 43.0 Å². The standard InChI is InChI=1S/C18H17N3O4/c1-3-9-25-17(23)12-10(2)19-15-14(16(22)21-18(24)20-15)13(12)11-7-5-4-6-8-11/h3-8,12-13H,1,9H2,2H3,(H2,20,21,22,24). The lowest BCUT2D eigenvalue weighted by Gasteiger charge is -2.29. The summed E-state index contributed by atoms with van der Waals surface area (Å²) in [5.41, 5.74) is 0.273. The summed E-state index contributed by atoms with van der Waals surface area (Å²) in [6, 6.07) is 9.14. The molecule has 128 valence electrons. The number of nitrogens with one attached hydrogen (secondary N) is 2. The van der Waals surface area contributed by atoms with Gasteiger partial charge in [0.15, 0.2) is 0 Å². The molecule has 0 amide bonds. The van der Waals surface area contributed by atoms with E-state index < -0.39 is 29.1 Å². The first-order valence-corrected chi connectivity index (χ1v) is 7.77. The zero-order valence-corrected chi connectivity index (χ0v) is 13.6. The Bertz CT molecular complexity index is 956. The third-order valence-corrected chi connectivity index (χ3v) is 4.10. The van der Waals surface area contributed by atoms with Gasteiger partial charge in [-0.05, 0) is 12.5 Å². The Morgan fingerprint density at radius 1 is 1.28 bits per heavy atom. The fraction of sp³-hybridized carbons (Fsp3) is 0.222. The smallest absolute Gasteiger partial charge is 0.327 e. The number of benzene rings is 1. The Kier molecular flexibility index (Phi) is 4.47. The number of carbonyl (C=O) groups is 1. The number of rotatable bonds is 4. The second kappa shape index (κ2) is 6.72. The molecule has 2 atom stereocenters. The van der Waals surface area contributed by atoms with Crippen LogP contribution in [0.15, 0.2) is 57.6 Å². The average molecular weight is 339 g/mol. The van der Waals surface area contributed by atoms with E-state index in [2.05, 4.69) is 21.5 Å². The van der Waals surface area contributed by atoms with Gasteiger partial charge in [-0.2, -0.15) is 0 Å². The SMILES string of the molecule is C=CCOC(=O)C1C(C)=Nc2[nH]c(=O)[nH]c(=O)c2C1c1ccccc1. The fourth-order valence-electron chi connectivity index (χ4n) is 3.07. The van der Waals surface area contributed by atoms with E-state index in [1.165, 1.54) is 6.08 Å². The van der Waals surface area contributed by atoms with Gasteiger partial charge in [0, 0.05) is 11.6 Å². The fourth-order valence-corrected chi connectivity index (χ4v) is 3.07. The molecule has 0 radical (unpaired) electrons. The molecule has 1 aliphatic heterocycles. The van der Waals surface area contributed by atoms with Crippen molar-refractivity contribution in [1.82, 2.24) is 9.97 Å². The summed E-state index contributed by atoms with van der Waals surface area (Å²) >= 11 is 0. The first kappa shape index (κ1) is 16.6. The van der Waals surface area contributed by atoms with Crippen LogP contribution in [0.2, 0.25) is 0 Å². The molecule has 7 nitrogen and oxygen atoms in total. The Balaban J connectivity index is 2.22. The van der Waals surface area contributed by atoms with Crippen LogP contribution in [0.1, 0.15) is 24.0 Å². The number of H-pyrrole nitrogens is 2. The van der Waals surface area contributed by atoms with Crippen LogP contribution in [0.4, 0.5) is 5.82 Å². The first-order valence-electron chi connectivity index (χ1n) is 7.77. The molecule has 2 heterocycles. The number of carbonyl (C=O) groups excluding carboxylic acids is 1. The van der Waals surface area contributed by atoms with Crippen molar-refractivity contribution in [3.8, 4) is 0 Å². The van der Waals surface area contributed by atoms with Crippen molar-refractivity contribution in [1.29, 1.82) is 0 Å². The van der Waals surface area contributed by atoms with Gasteiger partial charge in [0.2, 0.25) is 0 Å². The molecule has 0 fully saturated rings. The predicted octanol–water partition coefficient (Wildman–Crippen LogP) is 1.65. The highest BCUT2D eigenvalue weighted by Crippen LogP contribution is 2.39. The molecule has 2 unspecified atom stereocenters. The van der Waals surface area contributed by atoms with Gasteiger partial charge in [-0.15, -0.1) is 0 Å². The molecule has 1 aliphatic rings. The predicted molar refractivity (Wildman–Crippen MR) is 93.4 cm³/mol. The van der Waals surface area contributed by atoms with Gasteiger partial charge in [-0.3, -0.25) is 19.6 Å². The third-order valence-electron chi connectivity index (χ3n) is 4.10. The Morgan fingerprint density at radius 3 is 2.68 bits per heavy atom. The van der Waals surface area contributed by atoms with Gasteiger partial charge >= 0.3 is 11.7 Å². The van der Waals surface area contributed by atoms with Crippen molar-refractivity contribution in [3.05, 3.63) is 75.0 Å². The molecule has 0 spiro atoms. The molecule has 0 aliphatic carbocycles. The number of aliphatic imine (C=N–C) groups is 1. The molecule has 1 aromatic carbocycles. The van der Waals surface area contributed by atoms with Crippen molar-refractivity contribution >= 4 is 17.5 Å². The number of hydrogen-bond donors (Lipinski definition) is 2. The highest BCUT2D eigenvalue weighted by atomic mass is 16.5. The van der Waals surface area contributed by atoms with Crippen LogP contribution in [0.25, 0.3) is 0 Å². The molecular formula is C18H17N3O4. The summed E-state index contributed by atoms with van der Waals surface area (Å²) in [4.78, 5) is 45.6. The number of aromatic amines is 2. The summed E-state index contributed by atoms with van der Waals surface area (Å²) < 4.78 is 5.21. The van der Waals surface area contributed by atoms with Crippen LogP contribution in [-0.2, 0) is 9.53 Å². The van der Waals surface area contributed by atoms with Crippen LogP contribution >= 0.6 is 0 Å². The minimum absolute atomic E-state index is 0.0684. The van der Waals surface area contributed by atoms with Gasteiger partial charge in [0.25, 0.3) is 5.56 Å². The highest BCUT2D eigenvalue weighted by molar-refractivity contribution is 6.04. The molecule has 2 N–H and O–H groups in total. The van der Waals surface area contributed by atoms with Gasteiger partial charge in [0.1, 0.15) is 18.3 Å². The van der Waals surface area contributed by atoms with Crippen LogP contribution in [-0.4, -0.2) is 28.3 Å². The van der Waals surface area contributed by atoms with Gasteiger partial charge in [-0.25, -0.2) is 9.79 Å². The van der Waals surface area contributed by atoms with Crippen LogP contribution in [0.3, 0.4) is 0 Å². The Morgan fingerprint density at radius 2 is 2.00 bits per heavy atom. The van der Waals surface area contributed by atoms with Gasteiger partial charge in [0.05, 0.1) is 5.56 Å². The van der Waals surface area contributed by atoms with E-state index in [9.17, 15) is 14.4 Å². The van der Waals surface area contributed by atoms with E-state index in [1.807, 2.05) is 30.3 Å². The number of nitrogens with zero attached hydrogens (tertiary/aromatic N) is 1. The van der Waals surface area contributed by atoms with Crippen LogP contribution < -0.4 is 11.2 Å². The van der Waals surface area contributed by atoms with E-state index in [-0.39, 0.29) is 18.0 Å². The number of aromatic nitrogens is 2. The van der Waals surface area contributed by atoms with E-state index in [0.29, 0.717) is 5.71 Å². The second-order valence-electron chi connectivity index (χ2n) is 5.71. The summed E-state index contributed by atoms with van der Waals surface area (Å²) in [7, 11) is 0. The zero-order chi connectivity index (χ0) is 18.0. The third kappa shape index (κ3) is 3.08. The maximum Gasteiger partial charge on any atom is 0.327 e. The van der Waals surface area contributed by atoms with Crippen molar-refractivity contribution < 1.29 is 9.53 Å². The summed E-state index contributed by atoms with van der Waals surface area (Å²) in [5.74, 6) is -1.69. The quantitative estimate of drug-likeness (QED) is 0.653. The van der Waals surface area contributed by atoms with E-state index in [0.717, 1.165) is 5.56 Å². The Hall–Kier alpha value is -3.22. The molecule has 3 rings (SSSR count). The number of ether oxygens (including phenoxy) is 1. The first-order chi connectivity index (χ1) is 12.0. The Labute approximate surface area is 143 Å². The number of hydrogen-bond acceptors (Lipinski definition) is 5. The van der Waals surface area contributed by atoms with Crippen molar-refractivity contribution in [2.24, 2.45) is 10.9 Å². The largest absolute Gasteiger partial charge is 0.461 e.